The van der Waals surface area contributed by atoms with Crippen molar-refractivity contribution in [1.29, 1.82) is 0 Å². The van der Waals surface area contributed by atoms with Crippen LogP contribution in [0.3, 0.4) is 0 Å². The molecule has 2 aliphatic rings. The number of ether oxygens (including phenoxy) is 4. The monoisotopic (exact) mass is 603 g/mol. The van der Waals surface area contributed by atoms with Crippen molar-refractivity contribution in [3.05, 3.63) is 0 Å². The molecule has 2 aliphatic heterocycles. The minimum absolute atomic E-state index is 0.0102. The highest BCUT2D eigenvalue weighted by atomic mass is 16.7. The van der Waals surface area contributed by atoms with Crippen LogP contribution in [0.1, 0.15) is 87.5 Å². The van der Waals surface area contributed by atoms with Gasteiger partial charge < -0.3 is 44.3 Å². The van der Waals surface area contributed by atoms with Crippen molar-refractivity contribution in [2.24, 2.45) is 29.6 Å². The predicted molar refractivity (Wildman–Crippen MR) is 161 cm³/mol. The normalized spacial score (nSPS) is 46.7. The van der Waals surface area contributed by atoms with E-state index >= 15 is 0 Å². The highest BCUT2D eigenvalue weighted by Crippen LogP contribution is 2.42. The molecule has 4 N–H and O–H groups in total. The number of esters is 1. The van der Waals surface area contributed by atoms with Gasteiger partial charge in [-0.15, -0.1) is 0 Å². The van der Waals surface area contributed by atoms with Crippen LogP contribution in [0.2, 0.25) is 0 Å². The van der Waals surface area contributed by atoms with Gasteiger partial charge in [-0.2, -0.15) is 0 Å². The molecule has 10 nitrogen and oxygen atoms in total. The fourth-order valence-corrected chi connectivity index (χ4v) is 7.68. The summed E-state index contributed by atoms with van der Waals surface area (Å²) in [5, 5.41) is 44.5. The van der Waals surface area contributed by atoms with E-state index in [0.29, 0.717) is 32.1 Å². The summed E-state index contributed by atoms with van der Waals surface area (Å²) >= 11 is 0. The quantitative estimate of drug-likeness (QED) is 0.321. The first-order chi connectivity index (χ1) is 19.4. The van der Waals surface area contributed by atoms with E-state index in [1.54, 1.807) is 21.0 Å². The van der Waals surface area contributed by atoms with E-state index in [0.717, 1.165) is 0 Å². The summed E-state index contributed by atoms with van der Waals surface area (Å²) in [6.07, 6.45) is -2.12. The highest BCUT2D eigenvalue weighted by molar-refractivity contribution is 5.73. The molecule has 0 aromatic rings. The number of carbonyl (C=O) groups excluding carboxylic acids is 1. The van der Waals surface area contributed by atoms with Crippen LogP contribution >= 0.6 is 0 Å². The minimum atomic E-state index is -1.38. The molecule has 2 saturated heterocycles. The smallest absolute Gasteiger partial charge is 0.311 e. The van der Waals surface area contributed by atoms with Gasteiger partial charge in [-0.3, -0.25) is 4.79 Å². The minimum Gasteiger partial charge on any atom is -0.459 e. The Hall–Kier alpha value is -0.850. The van der Waals surface area contributed by atoms with Gasteiger partial charge in [0.05, 0.1) is 29.8 Å². The van der Waals surface area contributed by atoms with Gasteiger partial charge >= 0.3 is 5.97 Å². The van der Waals surface area contributed by atoms with E-state index in [2.05, 4.69) is 13.8 Å². The average Bonchev–Trinajstić information content (AvgIpc) is 2.92. The van der Waals surface area contributed by atoms with Crippen molar-refractivity contribution < 1.29 is 44.2 Å². The Morgan fingerprint density at radius 3 is 2.19 bits per heavy atom. The van der Waals surface area contributed by atoms with Crippen LogP contribution < -0.4 is 0 Å². The van der Waals surface area contributed by atoms with Gasteiger partial charge in [0.15, 0.2) is 6.29 Å². The number of rotatable bonds is 7. The zero-order chi connectivity index (χ0) is 32.2. The van der Waals surface area contributed by atoms with Crippen molar-refractivity contribution in [2.75, 3.05) is 27.8 Å². The van der Waals surface area contributed by atoms with Gasteiger partial charge in [-0.05, 0) is 91.6 Å². The van der Waals surface area contributed by atoms with Crippen molar-refractivity contribution in [1.82, 2.24) is 4.90 Å². The number of cyclic esters (lactones) is 1. The van der Waals surface area contributed by atoms with Crippen LogP contribution in [-0.2, 0) is 23.7 Å². The Bertz CT molecular complexity index is 841. The lowest BCUT2D eigenvalue weighted by Crippen LogP contribution is -2.59. The molecular formula is C32H61NO9. The van der Waals surface area contributed by atoms with Gasteiger partial charge in [-0.25, -0.2) is 0 Å². The first kappa shape index (κ1) is 37.3. The molecule has 1 unspecified atom stereocenters. The molecule has 0 aromatic carbocycles. The number of likely N-dealkylation sites (N-methyl/N-ethyl adjacent to an activating group) is 1. The second-order valence-corrected chi connectivity index (χ2v) is 14.0. The molecule has 0 spiro atoms. The number of hydrogen-bond donors (Lipinski definition) is 4. The van der Waals surface area contributed by atoms with Crippen LogP contribution in [0, 0.1) is 29.6 Å². The molecule has 42 heavy (non-hydrogen) atoms. The second kappa shape index (κ2) is 15.4. The van der Waals surface area contributed by atoms with Crippen LogP contribution in [-0.4, -0.2) is 113 Å². The first-order valence-electron chi connectivity index (χ1n) is 15.9. The Morgan fingerprint density at radius 1 is 1.05 bits per heavy atom. The van der Waals surface area contributed by atoms with Crippen molar-refractivity contribution >= 4 is 5.97 Å². The van der Waals surface area contributed by atoms with Crippen LogP contribution in [0.15, 0.2) is 0 Å². The summed E-state index contributed by atoms with van der Waals surface area (Å²) in [5.74, 6) is -2.40. The second-order valence-electron chi connectivity index (χ2n) is 14.0. The Kier molecular flexibility index (Phi) is 13.7. The van der Waals surface area contributed by atoms with E-state index in [4.69, 9.17) is 18.9 Å². The SMILES string of the molecule is CC[C@H]1OC(=O)[C@H](C)[C@@H](O)[C@@H](C)[C@@H](O[C@@H]2O[C@H](C)C[C@H](N(C)C)[C@H]2O)[C@](C)(OC)C[C@@H](C)CC(C)[C@H](CCO)[C@]1(C)O. The number of aliphatic hydroxyl groups is 4. The Labute approximate surface area is 254 Å². The molecule has 10 heteroatoms. The van der Waals surface area contributed by atoms with Gasteiger partial charge in [-0.1, -0.05) is 27.7 Å². The van der Waals surface area contributed by atoms with Crippen molar-refractivity contribution in [3.63, 3.8) is 0 Å². The fraction of sp³-hybridized carbons (Fsp3) is 0.969. The number of methoxy groups -OCH3 is 1. The largest absolute Gasteiger partial charge is 0.459 e. The molecule has 2 rings (SSSR count). The number of carbonyl (C=O) groups is 1. The van der Waals surface area contributed by atoms with E-state index in [9.17, 15) is 25.2 Å². The summed E-state index contributed by atoms with van der Waals surface area (Å²) < 4.78 is 24.8. The Balaban J connectivity index is 2.58. The molecule has 14 atom stereocenters. The maximum atomic E-state index is 13.5. The summed E-state index contributed by atoms with van der Waals surface area (Å²) in [7, 11) is 5.44. The molecule has 2 heterocycles. The van der Waals surface area contributed by atoms with Gasteiger partial charge in [0.1, 0.15) is 17.8 Å². The highest BCUT2D eigenvalue weighted by Gasteiger charge is 2.50. The maximum Gasteiger partial charge on any atom is 0.311 e. The lowest BCUT2D eigenvalue weighted by Gasteiger charge is -2.48. The summed E-state index contributed by atoms with van der Waals surface area (Å²) in [6, 6.07) is -0.179. The van der Waals surface area contributed by atoms with E-state index < -0.39 is 59.7 Å². The summed E-state index contributed by atoms with van der Waals surface area (Å²) in [5.41, 5.74) is -2.30. The molecule has 248 valence electrons. The first-order valence-corrected chi connectivity index (χ1v) is 15.9. The van der Waals surface area contributed by atoms with Crippen LogP contribution in [0.5, 0.6) is 0 Å². The summed E-state index contributed by atoms with van der Waals surface area (Å²) in [4.78, 5) is 15.4. The van der Waals surface area contributed by atoms with Gasteiger partial charge in [0.25, 0.3) is 0 Å². The molecule has 2 fully saturated rings. The molecule has 0 amide bonds. The molecule has 0 saturated carbocycles. The maximum absolute atomic E-state index is 13.5. The third-order valence-electron chi connectivity index (χ3n) is 10.2. The van der Waals surface area contributed by atoms with E-state index in [-0.39, 0.29) is 36.5 Å². The van der Waals surface area contributed by atoms with Crippen LogP contribution in [0.25, 0.3) is 0 Å². The van der Waals surface area contributed by atoms with E-state index in [1.165, 1.54) is 0 Å². The molecular weight excluding hydrogens is 542 g/mol. The zero-order valence-corrected chi connectivity index (χ0v) is 27.9. The standard InChI is InChI=1S/C32H61NO9/c1-12-25-32(8,38)23(13-14-34)19(3)15-18(2)17-31(7,39-11)28(21(5)26(35)22(6)29(37)41-25)42-30-27(36)24(33(9)10)16-20(4)40-30/h18-28,30,34-36,38H,12-17H2,1-11H3/t18-,19?,20+,21+,22+,23-,24-,25+,26-,27+,28+,30-,31+,32-/m0/s1. The predicted octanol–water partition coefficient (Wildman–Crippen LogP) is 2.97. The van der Waals surface area contributed by atoms with Gasteiger partial charge in [0.2, 0.25) is 0 Å². The lowest BCUT2D eigenvalue weighted by molar-refractivity contribution is -0.301. The topological polar surface area (TPSA) is 138 Å². The van der Waals surface area contributed by atoms with Crippen LogP contribution in [0.4, 0.5) is 0 Å². The molecule has 0 aliphatic carbocycles. The number of hydrogen-bond acceptors (Lipinski definition) is 10. The molecule has 0 bridgehead atoms. The van der Waals surface area contributed by atoms with Crippen molar-refractivity contribution in [2.45, 2.75) is 142 Å². The number of aliphatic hydroxyl groups excluding tert-OH is 3. The van der Waals surface area contributed by atoms with Crippen molar-refractivity contribution in [3.8, 4) is 0 Å². The molecule has 0 radical (unpaired) electrons. The zero-order valence-electron chi connectivity index (χ0n) is 27.9. The third kappa shape index (κ3) is 8.44. The number of nitrogens with zero attached hydrogens (tertiary/aromatic N) is 1. The van der Waals surface area contributed by atoms with Gasteiger partial charge in [0, 0.05) is 25.7 Å². The van der Waals surface area contributed by atoms with E-state index in [1.807, 2.05) is 46.7 Å². The lowest BCUT2D eigenvalue weighted by atomic mass is 9.70. The fourth-order valence-electron chi connectivity index (χ4n) is 7.68. The third-order valence-corrected chi connectivity index (χ3v) is 10.2. The Morgan fingerprint density at radius 2 is 1.67 bits per heavy atom. The average molecular weight is 604 g/mol. The molecule has 0 aromatic heterocycles. The summed E-state index contributed by atoms with van der Waals surface area (Å²) in [6.45, 7) is 15.0.